The summed E-state index contributed by atoms with van der Waals surface area (Å²) >= 11 is 0. The average Bonchev–Trinajstić information content (AvgIpc) is 2.61. The Hall–Kier alpha value is -2.90. The fraction of sp³-hybridized carbons (Fsp3) is 0.474. The monoisotopic (exact) mass is 378 g/mol. The van der Waals surface area contributed by atoms with E-state index in [1.54, 1.807) is 37.3 Å². The van der Waals surface area contributed by atoms with Crippen LogP contribution in [0.2, 0.25) is 0 Å². The number of hydrogen-bond acceptors (Lipinski definition) is 5. The predicted molar refractivity (Wildman–Crippen MR) is 99.0 cm³/mol. The molecule has 8 heteroatoms. The Morgan fingerprint density at radius 3 is 2.30 bits per heavy atom. The lowest BCUT2D eigenvalue weighted by Crippen LogP contribution is -2.41. The lowest BCUT2D eigenvalue weighted by Gasteiger charge is -2.20. The molecule has 0 saturated heterocycles. The fourth-order valence-corrected chi connectivity index (χ4v) is 2.40. The first-order valence-electron chi connectivity index (χ1n) is 8.92. The SMILES string of the molecule is CCOC(=O)CCCCCC(=O)N(CC(=O)O)CC(=O)Nc1ccccc1. The van der Waals surface area contributed by atoms with E-state index in [0.29, 0.717) is 38.0 Å². The summed E-state index contributed by atoms with van der Waals surface area (Å²) in [4.78, 5) is 47.6. The zero-order valence-corrected chi connectivity index (χ0v) is 15.5. The van der Waals surface area contributed by atoms with E-state index in [1.165, 1.54) is 0 Å². The number of carboxylic acid groups (broad SMARTS) is 1. The molecule has 0 unspecified atom stereocenters. The van der Waals surface area contributed by atoms with Crippen LogP contribution in [0, 0.1) is 0 Å². The van der Waals surface area contributed by atoms with E-state index in [0.717, 1.165) is 4.90 Å². The predicted octanol–water partition coefficient (Wildman–Crippen LogP) is 2.05. The van der Waals surface area contributed by atoms with Crippen molar-refractivity contribution in [2.75, 3.05) is 25.0 Å². The average molecular weight is 378 g/mol. The molecular weight excluding hydrogens is 352 g/mol. The molecule has 0 aliphatic rings. The third-order valence-electron chi connectivity index (χ3n) is 3.65. The lowest BCUT2D eigenvalue weighted by molar-refractivity contribution is -0.145. The third kappa shape index (κ3) is 9.98. The highest BCUT2D eigenvalue weighted by Gasteiger charge is 2.19. The van der Waals surface area contributed by atoms with Gasteiger partial charge in [0, 0.05) is 18.5 Å². The van der Waals surface area contributed by atoms with Crippen molar-refractivity contribution >= 4 is 29.4 Å². The minimum absolute atomic E-state index is 0.120. The fourth-order valence-electron chi connectivity index (χ4n) is 2.40. The van der Waals surface area contributed by atoms with Gasteiger partial charge in [0.15, 0.2) is 0 Å². The topological polar surface area (TPSA) is 113 Å². The van der Waals surface area contributed by atoms with Gasteiger partial charge >= 0.3 is 11.9 Å². The molecule has 0 bridgehead atoms. The Kier molecular flexibility index (Phi) is 10.2. The number of carbonyl (C=O) groups excluding carboxylic acids is 3. The van der Waals surface area contributed by atoms with Gasteiger partial charge in [0.1, 0.15) is 13.1 Å². The number of hydrogen-bond donors (Lipinski definition) is 2. The van der Waals surface area contributed by atoms with E-state index in [1.807, 2.05) is 0 Å². The molecule has 27 heavy (non-hydrogen) atoms. The Morgan fingerprint density at radius 2 is 1.67 bits per heavy atom. The van der Waals surface area contributed by atoms with E-state index in [2.05, 4.69) is 5.32 Å². The van der Waals surface area contributed by atoms with Crippen LogP contribution in [0.15, 0.2) is 30.3 Å². The second kappa shape index (κ2) is 12.5. The molecule has 0 spiro atoms. The van der Waals surface area contributed by atoms with Gasteiger partial charge in [-0.05, 0) is 31.9 Å². The van der Waals surface area contributed by atoms with Gasteiger partial charge in [-0.15, -0.1) is 0 Å². The number of amides is 2. The van der Waals surface area contributed by atoms with E-state index >= 15 is 0 Å². The highest BCUT2D eigenvalue weighted by Crippen LogP contribution is 2.08. The van der Waals surface area contributed by atoms with E-state index in [4.69, 9.17) is 9.84 Å². The van der Waals surface area contributed by atoms with Crippen LogP contribution in [0.1, 0.15) is 39.0 Å². The Bertz CT molecular complexity index is 632. The molecule has 0 atom stereocenters. The van der Waals surface area contributed by atoms with Crippen molar-refractivity contribution in [3.63, 3.8) is 0 Å². The van der Waals surface area contributed by atoms with Crippen molar-refractivity contribution in [3.8, 4) is 0 Å². The molecule has 0 aliphatic heterocycles. The number of ether oxygens (including phenoxy) is 1. The molecular formula is C19H26N2O6. The number of unbranched alkanes of at least 4 members (excludes halogenated alkanes) is 2. The molecule has 2 N–H and O–H groups in total. The highest BCUT2D eigenvalue weighted by atomic mass is 16.5. The Labute approximate surface area is 158 Å². The molecule has 1 aromatic rings. The van der Waals surface area contributed by atoms with Gasteiger partial charge in [-0.1, -0.05) is 24.6 Å². The quantitative estimate of drug-likeness (QED) is 0.425. The number of nitrogens with zero attached hydrogens (tertiary/aromatic N) is 1. The van der Waals surface area contributed by atoms with Crippen LogP contribution in [0.5, 0.6) is 0 Å². The maximum atomic E-state index is 12.3. The number of aliphatic carboxylic acids is 1. The van der Waals surface area contributed by atoms with Crippen molar-refractivity contribution < 1.29 is 29.0 Å². The molecule has 1 aromatic carbocycles. The lowest BCUT2D eigenvalue weighted by atomic mass is 10.1. The maximum absolute atomic E-state index is 12.3. The third-order valence-corrected chi connectivity index (χ3v) is 3.65. The van der Waals surface area contributed by atoms with Gasteiger partial charge in [-0.3, -0.25) is 19.2 Å². The number of rotatable bonds is 12. The van der Waals surface area contributed by atoms with Crippen molar-refractivity contribution in [1.82, 2.24) is 4.90 Å². The van der Waals surface area contributed by atoms with E-state index in [9.17, 15) is 19.2 Å². The molecule has 0 aliphatic carbocycles. The van der Waals surface area contributed by atoms with Crippen LogP contribution in [-0.4, -0.2) is 53.5 Å². The summed E-state index contributed by atoms with van der Waals surface area (Å²) in [6.07, 6.45) is 2.16. The standard InChI is InChI=1S/C19H26N2O6/c1-2-27-19(26)12-8-4-7-11-17(23)21(14-18(24)25)13-16(22)20-15-9-5-3-6-10-15/h3,5-6,9-10H,2,4,7-8,11-14H2,1H3,(H,20,22)(H,24,25). The van der Waals surface area contributed by atoms with Crippen LogP contribution >= 0.6 is 0 Å². The number of nitrogens with one attached hydrogen (secondary N) is 1. The molecule has 148 valence electrons. The number of carbonyl (C=O) groups is 4. The molecule has 0 radical (unpaired) electrons. The number of anilines is 1. The first-order chi connectivity index (χ1) is 12.9. The summed E-state index contributed by atoms with van der Waals surface area (Å²) in [5.74, 6) is -2.32. The minimum atomic E-state index is -1.18. The van der Waals surface area contributed by atoms with Crippen LogP contribution < -0.4 is 5.32 Å². The number of benzene rings is 1. The first-order valence-corrected chi connectivity index (χ1v) is 8.92. The van der Waals surface area contributed by atoms with Gasteiger partial charge in [0.05, 0.1) is 6.61 Å². The first kappa shape index (κ1) is 22.1. The second-order valence-electron chi connectivity index (χ2n) is 5.92. The van der Waals surface area contributed by atoms with Crippen molar-refractivity contribution in [2.24, 2.45) is 0 Å². The van der Waals surface area contributed by atoms with Crippen LogP contribution in [0.3, 0.4) is 0 Å². The van der Waals surface area contributed by atoms with Gasteiger partial charge < -0.3 is 20.1 Å². The van der Waals surface area contributed by atoms with Crippen molar-refractivity contribution in [3.05, 3.63) is 30.3 Å². The maximum Gasteiger partial charge on any atom is 0.323 e. The molecule has 1 rings (SSSR count). The zero-order valence-electron chi connectivity index (χ0n) is 15.5. The van der Waals surface area contributed by atoms with Crippen LogP contribution in [-0.2, 0) is 23.9 Å². The van der Waals surface area contributed by atoms with Gasteiger partial charge in [-0.25, -0.2) is 0 Å². The molecule has 8 nitrogen and oxygen atoms in total. The number of carboxylic acids is 1. The van der Waals surface area contributed by atoms with Gasteiger partial charge in [-0.2, -0.15) is 0 Å². The number of para-hydroxylation sites is 1. The zero-order chi connectivity index (χ0) is 20.1. The minimum Gasteiger partial charge on any atom is -0.480 e. The van der Waals surface area contributed by atoms with Crippen molar-refractivity contribution in [2.45, 2.75) is 39.0 Å². The summed E-state index contributed by atoms with van der Waals surface area (Å²) in [5, 5.41) is 11.6. The Balaban J connectivity index is 2.43. The number of esters is 1. The summed E-state index contributed by atoms with van der Waals surface area (Å²) in [6, 6.07) is 8.71. The molecule has 0 aromatic heterocycles. The van der Waals surface area contributed by atoms with E-state index in [-0.39, 0.29) is 18.9 Å². The second-order valence-corrected chi connectivity index (χ2v) is 5.92. The Morgan fingerprint density at radius 1 is 1.00 bits per heavy atom. The van der Waals surface area contributed by atoms with Crippen molar-refractivity contribution in [1.29, 1.82) is 0 Å². The van der Waals surface area contributed by atoms with Gasteiger partial charge in [0.25, 0.3) is 0 Å². The normalized spacial score (nSPS) is 10.1. The molecule has 2 amide bonds. The summed E-state index contributed by atoms with van der Waals surface area (Å²) in [5.41, 5.74) is 0.573. The molecule has 0 heterocycles. The molecule has 0 fully saturated rings. The summed E-state index contributed by atoms with van der Waals surface area (Å²) in [6.45, 7) is 1.21. The van der Waals surface area contributed by atoms with E-state index < -0.39 is 24.3 Å². The van der Waals surface area contributed by atoms with Crippen LogP contribution in [0.25, 0.3) is 0 Å². The summed E-state index contributed by atoms with van der Waals surface area (Å²) < 4.78 is 4.82. The largest absolute Gasteiger partial charge is 0.480 e. The smallest absolute Gasteiger partial charge is 0.323 e. The summed E-state index contributed by atoms with van der Waals surface area (Å²) in [7, 11) is 0. The van der Waals surface area contributed by atoms with Gasteiger partial charge in [0.2, 0.25) is 11.8 Å². The van der Waals surface area contributed by atoms with Crippen LogP contribution in [0.4, 0.5) is 5.69 Å². The highest BCUT2D eigenvalue weighted by molar-refractivity contribution is 5.95. The molecule has 0 saturated carbocycles.